The Bertz CT molecular complexity index is 273. The van der Waals surface area contributed by atoms with Gasteiger partial charge in [0.2, 0.25) is 0 Å². The molecule has 4 nitrogen and oxygen atoms in total. The zero-order valence-electron chi connectivity index (χ0n) is 6.45. The van der Waals surface area contributed by atoms with E-state index in [1.54, 1.807) is 24.3 Å². The highest BCUT2D eigenvalue weighted by Gasteiger charge is 2.00. The molecule has 0 atom stereocenters. The molecule has 0 heterocycles. The maximum Gasteiger partial charge on any atom is 0.335 e. The number of carboxylic acid groups (broad SMARTS) is 1. The molecule has 5 N–H and O–H groups in total. The van der Waals surface area contributed by atoms with Crippen molar-refractivity contribution in [1.82, 2.24) is 0 Å². The van der Waals surface area contributed by atoms with Gasteiger partial charge in [-0.05, 0) is 17.7 Å². The number of rotatable bonds is 2. The molecule has 0 spiro atoms. The van der Waals surface area contributed by atoms with Gasteiger partial charge >= 0.3 is 5.97 Å². The Labute approximate surface area is 69.9 Å². The largest absolute Gasteiger partial charge is 0.478 e. The first-order valence-corrected chi connectivity index (χ1v) is 3.26. The predicted octanol–water partition coefficient (Wildman–Crippen LogP) is 0.0188. The van der Waals surface area contributed by atoms with Crippen molar-refractivity contribution in [3.8, 4) is 0 Å². The second-order valence-corrected chi connectivity index (χ2v) is 2.21. The molecule has 0 aromatic heterocycles. The lowest BCUT2D eigenvalue weighted by molar-refractivity contribution is 0.0697. The lowest BCUT2D eigenvalue weighted by Crippen LogP contribution is -2.00. The van der Waals surface area contributed by atoms with Gasteiger partial charge < -0.3 is 16.3 Å². The summed E-state index contributed by atoms with van der Waals surface area (Å²) in [5.41, 5.74) is 6.45. The molecule has 4 heteroatoms. The number of nitrogens with two attached hydrogens (primary N) is 1. The molecule has 0 bridgehead atoms. The molecule has 66 valence electrons. The van der Waals surface area contributed by atoms with Crippen molar-refractivity contribution in [2.45, 2.75) is 6.54 Å². The first-order chi connectivity index (χ1) is 5.24. The molecule has 0 aliphatic heterocycles. The second kappa shape index (κ2) is 4.48. The van der Waals surface area contributed by atoms with E-state index >= 15 is 0 Å². The summed E-state index contributed by atoms with van der Waals surface area (Å²) in [5.74, 6) is -0.916. The highest BCUT2D eigenvalue weighted by molar-refractivity contribution is 5.87. The fraction of sp³-hybridized carbons (Fsp3) is 0.125. The summed E-state index contributed by atoms with van der Waals surface area (Å²) in [7, 11) is 0. The van der Waals surface area contributed by atoms with Gasteiger partial charge in [-0.3, -0.25) is 0 Å². The fourth-order valence-electron chi connectivity index (χ4n) is 0.831. The van der Waals surface area contributed by atoms with Crippen molar-refractivity contribution >= 4 is 5.97 Å². The van der Waals surface area contributed by atoms with E-state index in [0.29, 0.717) is 6.54 Å². The molecule has 0 aliphatic carbocycles. The van der Waals surface area contributed by atoms with Gasteiger partial charge in [0.05, 0.1) is 5.56 Å². The van der Waals surface area contributed by atoms with Crippen LogP contribution in [0.2, 0.25) is 0 Å². The second-order valence-electron chi connectivity index (χ2n) is 2.21. The SMILES string of the molecule is NCc1cccc(C(=O)O)c1.O. The molecule has 0 saturated heterocycles. The van der Waals surface area contributed by atoms with Crippen molar-refractivity contribution in [3.05, 3.63) is 35.4 Å². The van der Waals surface area contributed by atoms with Gasteiger partial charge in [0, 0.05) is 6.54 Å². The monoisotopic (exact) mass is 169 g/mol. The van der Waals surface area contributed by atoms with Gasteiger partial charge in [0.25, 0.3) is 0 Å². The number of hydrogen-bond acceptors (Lipinski definition) is 2. The molecular weight excluding hydrogens is 158 g/mol. The minimum absolute atomic E-state index is 0. The lowest BCUT2D eigenvalue weighted by Gasteiger charge is -1.97. The van der Waals surface area contributed by atoms with Gasteiger partial charge in [0.1, 0.15) is 0 Å². The number of aromatic carboxylic acids is 1. The van der Waals surface area contributed by atoms with E-state index in [-0.39, 0.29) is 11.0 Å². The minimum Gasteiger partial charge on any atom is -0.478 e. The first-order valence-electron chi connectivity index (χ1n) is 3.26. The van der Waals surface area contributed by atoms with Crippen LogP contribution in [0.25, 0.3) is 0 Å². The van der Waals surface area contributed by atoms with Crippen LogP contribution >= 0.6 is 0 Å². The Balaban J connectivity index is 0.00000121. The fourth-order valence-corrected chi connectivity index (χ4v) is 0.831. The molecule has 1 rings (SSSR count). The van der Waals surface area contributed by atoms with E-state index in [0.717, 1.165) is 5.56 Å². The average molecular weight is 169 g/mol. The molecular formula is C8H11NO3. The van der Waals surface area contributed by atoms with Crippen LogP contribution in [-0.2, 0) is 6.54 Å². The summed E-state index contributed by atoms with van der Waals surface area (Å²) in [6, 6.07) is 6.60. The molecule has 1 aromatic rings. The van der Waals surface area contributed by atoms with Gasteiger partial charge in [-0.25, -0.2) is 4.79 Å². The van der Waals surface area contributed by atoms with Crippen LogP contribution in [-0.4, -0.2) is 16.6 Å². The van der Waals surface area contributed by atoms with Gasteiger partial charge in [0.15, 0.2) is 0 Å². The normalized spacial score (nSPS) is 8.75. The zero-order valence-corrected chi connectivity index (χ0v) is 6.45. The summed E-state index contributed by atoms with van der Waals surface area (Å²) in [6.45, 7) is 0.376. The van der Waals surface area contributed by atoms with E-state index in [9.17, 15) is 4.79 Å². The first kappa shape index (κ1) is 10.6. The van der Waals surface area contributed by atoms with Crippen molar-refractivity contribution in [1.29, 1.82) is 0 Å². The van der Waals surface area contributed by atoms with E-state index in [1.165, 1.54) is 0 Å². The number of carbonyl (C=O) groups is 1. The Morgan fingerprint density at radius 3 is 2.67 bits per heavy atom. The molecule has 0 unspecified atom stereocenters. The van der Waals surface area contributed by atoms with Crippen LogP contribution in [0.4, 0.5) is 0 Å². The van der Waals surface area contributed by atoms with Crippen molar-refractivity contribution in [2.75, 3.05) is 0 Å². The van der Waals surface area contributed by atoms with Crippen LogP contribution in [0.5, 0.6) is 0 Å². The van der Waals surface area contributed by atoms with E-state index in [2.05, 4.69) is 0 Å². The molecule has 0 radical (unpaired) electrons. The van der Waals surface area contributed by atoms with Gasteiger partial charge in [-0.15, -0.1) is 0 Å². The highest BCUT2D eigenvalue weighted by atomic mass is 16.4. The third-order valence-corrected chi connectivity index (χ3v) is 1.41. The van der Waals surface area contributed by atoms with Crippen LogP contribution in [0.3, 0.4) is 0 Å². The molecule has 0 aliphatic rings. The molecule has 12 heavy (non-hydrogen) atoms. The lowest BCUT2D eigenvalue weighted by atomic mass is 10.1. The predicted molar refractivity (Wildman–Crippen MR) is 44.9 cm³/mol. The van der Waals surface area contributed by atoms with Crippen LogP contribution < -0.4 is 5.73 Å². The zero-order chi connectivity index (χ0) is 8.27. The summed E-state index contributed by atoms with van der Waals surface area (Å²) >= 11 is 0. The number of benzene rings is 1. The van der Waals surface area contributed by atoms with Crippen LogP contribution in [0, 0.1) is 0 Å². The van der Waals surface area contributed by atoms with E-state index in [4.69, 9.17) is 10.8 Å². The Kier molecular flexibility index (Phi) is 3.96. The smallest absolute Gasteiger partial charge is 0.335 e. The van der Waals surface area contributed by atoms with E-state index < -0.39 is 5.97 Å². The Hall–Kier alpha value is -1.39. The maximum atomic E-state index is 10.4. The molecule has 0 saturated carbocycles. The average Bonchev–Trinajstić information content (AvgIpc) is 2.05. The van der Waals surface area contributed by atoms with E-state index in [1.807, 2.05) is 0 Å². The number of hydrogen-bond donors (Lipinski definition) is 2. The van der Waals surface area contributed by atoms with Crippen molar-refractivity contribution < 1.29 is 15.4 Å². The summed E-state index contributed by atoms with van der Waals surface area (Å²) < 4.78 is 0. The molecule has 1 aromatic carbocycles. The molecule has 0 fully saturated rings. The summed E-state index contributed by atoms with van der Waals surface area (Å²) in [5, 5.41) is 8.56. The maximum absolute atomic E-state index is 10.4. The number of carboxylic acids is 1. The van der Waals surface area contributed by atoms with Gasteiger partial charge in [-0.1, -0.05) is 12.1 Å². The third-order valence-electron chi connectivity index (χ3n) is 1.41. The third kappa shape index (κ3) is 2.34. The van der Waals surface area contributed by atoms with Crippen molar-refractivity contribution in [3.63, 3.8) is 0 Å². The summed E-state index contributed by atoms with van der Waals surface area (Å²) in [6.07, 6.45) is 0. The Morgan fingerprint density at radius 1 is 1.50 bits per heavy atom. The minimum atomic E-state index is -0.916. The van der Waals surface area contributed by atoms with Gasteiger partial charge in [-0.2, -0.15) is 0 Å². The molecule has 0 amide bonds. The summed E-state index contributed by atoms with van der Waals surface area (Å²) in [4.78, 5) is 10.4. The quantitative estimate of drug-likeness (QED) is 0.653. The Morgan fingerprint density at radius 2 is 2.17 bits per heavy atom. The topological polar surface area (TPSA) is 94.8 Å². The van der Waals surface area contributed by atoms with Crippen molar-refractivity contribution in [2.24, 2.45) is 5.73 Å². The highest BCUT2D eigenvalue weighted by Crippen LogP contribution is 2.03. The van der Waals surface area contributed by atoms with Crippen LogP contribution in [0.1, 0.15) is 15.9 Å². The standard InChI is InChI=1S/C8H9NO2.H2O/c9-5-6-2-1-3-7(4-6)8(10)11;/h1-4H,5,9H2,(H,10,11);1H2. The van der Waals surface area contributed by atoms with Crippen LogP contribution in [0.15, 0.2) is 24.3 Å².